The van der Waals surface area contributed by atoms with Crippen LogP contribution in [-0.2, 0) is 9.53 Å². The van der Waals surface area contributed by atoms with Crippen LogP contribution in [0.25, 0.3) is 0 Å². The first-order valence-corrected chi connectivity index (χ1v) is 6.50. The first-order valence-electron chi connectivity index (χ1n) is 4.83. The lowest BCUT2D eigenvalue weighted by Crippen LogP contribution is -2.29. The summed E-state index contributed by atoms with van der Waals surface area (Å²) in [4.78, 5) is 12.6. The third kappa shape index (κ3) is 3.59. The number of nitrogens with one attached hydrogen (secondary N) is 1. The monoisotopic (exact) mass is 291 g/mol. The fraction of sp³-hybridized carbons (Fsp3) is 0.500. The average Bonchev–Trinajstić information content (AvgIpc) is 2.61. The van der Waals surface area contributed by atoms with E-state index in [0.717, 1.165) is 15.9 Å². The Morgan fingerprint density at radius 1 is 1.67 bits per heavy atom. The first kappa shape index (κ1) is 12.7. The number of hydrogen-bond donors (Lipinski definition) is 1. The molecule has 1 heterocycles. The number of thiophene rings is 1. The molecule has 1 aromatic rings. The number of carbonyl (C=O) groups excluding carboxylic acids is 1. The van der Waals surface area contributed by atoms with E-state index in [-0.39, 0.29) is 12.0 Å². The van der Waals surface area contributed by atoms with Gasteiger partial charge in [-0.3, -0.25) is 0 Å². The van der Waals surface area contributed by atoms with Crippen molar-refractivity contribution in [2.24, 2.45) is 0 Å². The molecule has 1 rings (SSSR count). The van der Waals surface area contributed by atoms with E-state index in [2.05, 4.69) is 21.2 Å². The van der Waals surface area contributed by atoms with Crippen molar-refractivity contribution in [3.8, 4) is 0 Å². The number of esters is 1. The van der Waals surface area contributed by atoms with Crippen molar-refractivity contribution in [3.05, 3.63) is 20.8 Å². The van der Waals surface area contributed by atoms with Crippen LogP contribution in [0.15, 0.2) is 15.9 Å². The molecule has 1 N–H and O–H groups in total. The topological polar surface area (TPSA) is 38.3 Å². The van der Waals surface area contributed by atoms with E-state index in [1.807, 2.05) is 25.3 Å². The van der Waals surface area contributed by atoms with E-state index < -0.39 is 0 Å². The summed E-state index contributed by atoms with van der Waals surface area (Å²) < 4.78 is 6.01. The van der Waals surface area contributed by atoms with Gasteiger partial charge in [-0.1, -0.05) is 6.92 Å². The standard InChI is InChI=1S/C10H14BrNO2S/c1-3-12-9(10(13)14-4-2)8-5-7(11)6-15-8/h5-6,9,12H,3-4H2,1-2H3. The Morgan fingerprint density at radius 3 is 2.87 bits per heavy atom. The van der Waals surface area contributed by atoms with Crippen LogP contribution in [-0.4, -0.2) is 19.1 Å². The minimum absolute atomic E-state index is 0.214. The molecule has 0 aliphatic heterocycles. The average molecular weight is 292 g/mol. The Hall–Kier alpha value is -0.390. The lowest BCUT2D eigenvalue weighted by atomic mass is 10.2. The van der Waals surface area contributed by atoms with Gasteiger partial charge in [-0.15, -0.1) is 11.3 Å². The molecule has 84 valence electrons. The smallest absolute Gasteiger partial charge is 0.328 e. The number of ether oxygens (including phenoxy) is 1. The Morgan fingerprint density at radius 2 is 2.40 bits per heavy atom. The minimum Gasteiger partial charge on any atom is -0.465 e. The van der Waals surface area contributed by atoms with Crippen LogP contribution >= 0.6 is 27.3 Å². The molecule has 0 fully saturated rings. The molecular formula is C10H14BrNO2S. The lowest BCUT2D eigenvalue weighted by molar-refractivity contribution is -0.145. The van der Waals surface area contributed by atoms with Gasteiger partial charge in [-0.25, -0.2) is 4.79 Å². The Bertz CT molecular complexity index is 327. The van der Waals surface area contributed by atoms with E-state index in [0.29, 0.717) is 6.61 Å². The fourth-order valence-corrected chi connectivity index (χ4v) is 2.72. The summed E-state index contributed by atoms with van der Waals surface area (Å²) in [5, 5.41) is 5.07. The largest absolute Gasteiger partial charge is 0.465 e. The summed E-state index contributed by atoms with van der Waals surface area (Å²) in [6, 6.07) is 1.60. The normalized spacial score (nSPS) is 12.5. The van der Waals surface area contributed by atoms with Crippen molar-refractivity contribution in [2.75, 3.05) is 13.2 Å². The van der Waals surface area contributed by atoms with Gasteiger partial charge in [-0.2, -0.15) is 0 Å². The molecule has 1 unspecified atom stereocenters. The highest BCUT2D eigenvalue weighted by Gasteiger charge is 2.22. The van der Waals surface area contributed by atoms with Gasteiger partial charge in [0.1, 0.15) is 6.04 Å². The van der Waals surface area contributed by atoms with Crippen LogP contribution in [0, 0.1) is 0 Å². The van der Waals surface area contributed by atoms with Crippen molar-refractivity contribution in [1.82, 2.24) is 5.32 Å². The van der Waals surface area contributed by atoms with Crippen molar-refractivity contribution in [2.45, 2.75) is 19.9 Å². The van der Waals surface area contributed by atoms with Crippen molar-refractivity contribution in [3.63, 3.8) is 0 Å². The lowest BCUT2D eigenvalue weighted by Gasteiger charge is -2.14. The molecule has 0 bridgehead atoms. The zero-order valence-electron chi connectivity index (χ0n) is 8.75. The Balaban J connectivity index is 2.77. The maximum Gasteiger partial charge on any atom is 0.328 e. The summed E-state index contributed by atoms with van der Waals surface area (Å²) in [5.41, 5.74) is 0. The predicted molar refractivity (Wildman–Crippen MR) is 65.1 cm³/mol. The Kier molecular flexibility index (Phi) is 5.28. The van der Waals surface area contributed by atoms with Gasteiger partial charge in [0, 0.05) is 14.7 Å². The third-order valence-electron chi connectivity index (χ3n) is 1.80. The molecule has 0 amide bonds. The number of halogens is 1. The zero-order chi connectivity index (χ0) is 11.3. The quantitative estimate of drug-likeness (QED) is 0.848. The van der Waals surface area contributed by atoms with Gasteiger partial charge in [0.2, 0.25) is 0 Å². The number of carbonyl (C=O) groups is 1. The highest BCUT2D eigenvalue weighted by Crippen LogP contribution is 2.26. The fourth-order valence-electron chi connectivity index (χ4n) is 1.21. The second kappa shape index (κ2) is 6.25. The molecule has 5 heteroatoms. The molecule has 0 aliphatic carbocycles. The van der Waals surface area contributed by atoms with Crippen LogP contribution < -0.4 is 5.32 Å². The third-order valence-corrected chi connectivity index (χ3v) is 3.56. The van der Waals surface area contributed by atoms with Gasteiger partial charge >= 0.3 is 5.97 Å². The van der Waals surface area contributed by atoms with E-state index in [1.54, 1.807) is 11.3 Å². The van der Waals surface area contributed by atoms with E-state index in [4.69, 9.17) is 4.74 Å². The minimum atomic E-state index is -0.341. The molecule has 0 spiro atoms. The molecule has 0 aliphatic rings. The van der Waals surface area contributed by atoms with Gasteiger partial charge in [0.15, 0.2) is 0 Å². The summed E-state index contributed by atoms with van der Waals surface area (Å²) in [6.45, 7) is 4.92. The molecule has 0 radical (unpaired) electrons. The molecule has 1 atom stereocenters. The van der Waals surface area contributed by atoms with Gasteiger partial charge in [0.25, 0.3) is 0 Å². The summed E-state index contributed by atoms with van der Waals surface area (Å²) >= 11 is 4.91. The Labute approximate surface area is 102 Å². The first-order chi connectivity index (χ1) is 7.19. The number of hydrogen-bond acceptors (Lipinski definition) is 4. The van der Waals surface area contributed by atoms with E-state index >= 15 is 0 Å². The summed E-state index contributed by atoms with van der Waals surface area (Å²) in [7, 11) is 0. The van der Waals surface area contributed by atoms with Crippen LogP contribution in [0.3, 0.4) is 0 Å². The van der Waals surface area contributed by atoms with Crippen molar-refractivity contribution < 1.29 is 9.53 Å². The van der Waals surface area contributed by atoms with Crippen LogP contribution in [0.2, 0.25) is 0 Å². The molecule has 15 heavy (non-hydrogen) atoms. The maximum atomic E-state index is 11.6. The van der Waals surface area contributed by atoms with E-state index in [9.17, 15) is 4.79 Å². The van der Waals surface area contributed by atoms with Crippen molar-refractivity contribution in [1.29, 1.82) is 0 Å². The molecule has 0 aromatic carbocycles. The highest BCUT2D eigenvalue weighted by molar-refractivity contribution is 9.10. The molecule has 0 saturated heterocycles. The zero-order valence-corrected chi connectivity index (χ0v) is 11.2. The van der Waals surface area contributed by atoms with Crippen molar-refractivity contribution >= 4 is 33.2 Å². The number of rotatable bonds is 5. The van der Waals surface area contributed by atoms with Gasteiger partial charge < -0.3 is 10.1 Å². The molecule has 3 nitrogen and oxygen atoms in total. The second-order valence-corrected chi connectivity index (χ2v) is 4.77. The predicted octanol–water partition coefficient (Wildman–Crippen LogP) is 2.72. The molecular weight excluding hydrogens is 278 g/mol. The van der Waals surface area contributed by atoms with Gasteiger partial charge in [-0.05, 0) is 35.5 Å². The second-order valence-electron chi connectivity index (χ2n) is 2.91. The van der Waals surface area contributed by atoms with Crippen LogP contribution in [0.4, 0.5) is 0 Å². The van der Waals surface area contributed by atoms with Crippen LogP contribution in [0.1, 0.15) is 24.8 Å². The van der Waals surface area contributed by atoms with E-state index in [1.165, 1.54) is 0 Å². The summed E-state index contributed by atoms with van der Waals surface area (Å²) in [6.07, 6.45) is 0. The molecule has 1 aromatic heterocycles. The highest BCUT2D eigenvalue weighted by atomic mass is 79.9. The van der Waals surface area contributed by atoms with Crippen LogP contribution in [0.5, 0.6) is 0 Å². The van der Waals surface area contributed by atoms with Gasteiger partial charge in [0.05, 0.1) is 6.61 Å². The number of likely N-dealkylation sites (N-methyl/N-ethyl adjacent to an activating group) is 1. The summed E-state index contributed by atoms with van der Waals surface area (Å²) in [5.74, 6) is -0.214. The SMILES string of the molecule is CCNC(C(=O)OCC)c1cc(Br)cs1. The molecule has 0 saturated carbocycles. The maximum absolute atomic E-state index is 11.6.